The molecule has 1 aliphatic carbocycles. The average molecular weight is 257 g/mol. The molecule has 2 heteroatoms. The second-order valence-electron chi connectivity index (χ2n) is 6.06. The lowest BCUT2D eigenvalue weighted by atomic mass is 9.92. The van der Waals surface area contributed by atoms with Gasteiger partial charge in [0.05, 0.1) is 0 Å². The number of carbonyl (C=O) groups is 1. The first kappa shape index (κ1) is 12.7. The summed E-state index contributed by atoms with van der Waals surface area (Å²) < 4.78 is 0. The van der Waals surface area contributed by atoms with Crippen LogP contribution in [0, 0.1) is 5.92 Å². The highest BCUT2D eigenvalue weighted by molar-refractivity contribution is 5.79. The van der Waals surface area contributed by atoms with E-state index in [0.717, 1.165) is 25.8 Å². The Kier molecular flexibility index (Phi) is 3.58. The van der Waals surface area contributed by atoms with Gasteiger partial charge in [-0.2, -0.15) is 0 Å². The normalized spacial score (nSPS) is 27.9. The summed E-state index contributed by atoms with van der Waals surface area (Å²) in [5, 5.41) is 0. The van der Waals surface area contributed by atoms with Crippen molar-refractivity contribution in [1.29, 1.82) is 0 Å². The first-order valence-electron chi connectivity index (χ1n) is 7.63. The van der Waals surface area contributed by atoms with E-state index in [9.17, 15) is 4.79 Å². The quantitative estimate of drug-likeness (QED) is 0.793. The standard InChI is InChI=1S/C17H23NO/c1-13-16(14-7-3-2-4-8-14)11-12-18(13)17(19)15-9-5-6-10-15/h2-4,7-8,13,15-16H,5-6,9-12H2,1H3/t13-,16-/m0/s1. The number of hydrogen-bond acceptors (Lipinski definition) is 1. The van der Waals surface area contributed by atoms with Gasteiger partial charge in [-0.15, -0.1) is 0 Å². The van der Waals surface area contributed by atoms with Gasteiger partial charge in [0.2, 0.25) is 5.91 Å². The third kappa shape index (κ3) is 2.41. The molecule has 1 aromatic carbocycles. The van der Waals surface area contributed by atoms with Gasteiger partial charge in [-0.05, 0) is 31.7 Å². The van der Waals surface area contributed by atoms with Gasteiger partial charge in [-0.3, -0.25) is 4.79 Å². The second kappa shape index (κ2) is 5.36. The van der Waals surface area contributed by atoms with E-state index in [-0.39, 0.29) is 0 Å². The van der Waals surface area contributed by atoms with Crippen LogP contribution < -0.4 is 0 Å². The molecule has 0 unspecified atom stereocenters. The molecule has 1 saturated carbocycles. The van der Waals surface area contributed by atoms with Crippen molar-refractivity contribution in [3.05, 3.63) is 35.9 Å². The molecule has 2 aliphatic rings. The zero-order valence-electron chi connectivity index (χ0n) is 11.7. The van der Waals surface area contributed by atoms with Gasteiger partial charge in [-0.1, -0.05) is 43.2 Å². The van der Waals surface area contributed by atoms with E-state index >= 15 is 0 Å². The van der Waals surface area contributed by atoms with E-state index in [1.165, 1.54) is 18.4 Å². The van der Waals surface area contributed by atoms with Gasteiger partial charge in [0, 0.05) is 24.4 Å². The summed E-state index contributed by atoms with van der Waals surface area (Å²) in [6.45, 7) is 3.16. The first-order valence-corrected chi connectivity index (χ1v) is 7.63. The van der Waals surface area contributed by atoms with Crippen LogP contribution in [-0.2, 0) is 4.79 Å². The van der Waals surface area contributed by atoms with Crippen LogP contribution in [0.5, 0.6) is 0 Å². The zero-order valence-corrected chi connectivity index (χ0v) is 11.7. The highest BCUT2D eigenvalue weighted by Gasteiger charge is 2.37. The maximum Gasteiger partial charge on any atom is 0.225 e. The van der Waals surface area contributed by atoms with E-state index in [2.05, 4.69) is 42.2 Å². The van der Waals surface area contributed by atoms with Crippen LogP contribution in [0.4, 0.5) is 0 Å². The summed E-state index contributed by atoms with van der Waals surface area (Å²) in [6.07, 6.45) is 5.81. The van der Waals surface area contributed by atoms with Crippen molar-refractivity contribution in [2.75, 3.05) is 6.54 Å². The molecule has 0 spiro atoms. The molecule has 1 aromatic rings. The number of nitrogens with zero attached hydrogens (tertiary/aromatic N) is 1. The molecule has 2 atom stereocenters. The minimum atomic E-state index is 0.317. The number of hydrogen-bond donors (Lipinski definition) is 0. The number of amides is 1. The van der Waals surface area contributed by atoms with Crippen LogP contribution in [0.3, 0.4) is 0 Å². The molecule has 1 saturated heterocycles. The van der Waals surface area contributed by atoms with Crippen molar-refractivity contribution in [2.45, 2.75) is 51.0 Å². The highest BCUT2D eigenvalue weighted by Crippen LogP contribution is 2.36. The number of benzene rings is 1. The first-order chi connectivity index (χ1) is 9.27. The molecule has 0 N–H and O–H groups in total. The lowest BCUT2D eigenvalue weighted by Crippen LogP contribution is -2.38. The Bertz CT molecular complexity index is 436. The molecule has 19 heavy (non-hydrogen) atoms. The Morgan fingerprint density at radius 1 is 1.11 bits per heavy atom. The maximum atomic E-state index is 12.6. The average Bonchev–Trinajstić information content (AvgIpc) is 3.08. The Balaban J connectivity index is 1.71. The van der Waals surface area contributed by atoms with Crippen LogP contribution in [0.1, 0.15) is 50.5 Å². The molecule has 0 aromatic heterocycles. The van der Waals surface area contributed by atoms with Gasteiger partial charge < -0.3 is 4.90 Å². The van der Waals surface area contributed by atoms with Crippen molar-refractivity contribution in [3.63, 3.8) is 0 Å². The van der Waals surface area contributed by atoms with E-state index in [0.29, 0.717) is 23.8 Å². The fraction of sp³-hybridized carbons (Fsp3) is 0.588. The Morgan fingerprint density at radius 2 is 1.79 bits per heavy atom. The Morgan fingerprint density at radius 3 is 2.47 bits per heavy atom. The molecule has 2 nitrogen and oxygen atoms in total. The monoisotopic (exact) mass is 257 g/mol. The summed E-state index contributed by atoms with van der Waals surface area (Å²) in [4.78, 5) is 14.7. The summed E-state index contributed by atoms with van der Waals surface area (Å²) in [6, 6.07) is 11.0. The molecule has 1 amide bonds. The van der Waals surface area contributed by atoms with Gasteiger partial charge in [0.25, 0.3) is 0 Å². The van der Waals surface area contributed by atoms with Gasteiger partial charge >= 0.3 is 0 Å². The van der Waals surface area contributed by atoms with Gasteiger partial charge in [-0.25, -0.2) is 0 Å². The third-order valence-electron chi connectivity index (χ3n) is 4.97. The predicted octanol–water partition coefficient (Wildman–Crippen LogP) is 3.58. The summed E-state index contributed by atoms with van der Waals surface area (Å²) in [5.74, 6) is 1.26. The molecular formula is C17H23NO. The largest absolute Gasteiger partial charge is 0.339 e. The fourth-order valence-corrected chi connectivity index (χ4v) is 3.80. The summed E-state index contributed by atoms with van der Waals surface area (Å²) >= 11 is 0. The molecule has 2 fully saturated rings. The van der Waals surface area contributed by atoms with E-state index < -0.39 is 0 Å². The molecule has 1 heterocycles. The van der Waals surface area contributed by atoms with Crippen LogP contribution in [-0.4, -0.2) is 23.4 Å². The minimum Gasteiger partial charge on any atom is -0.339 e. The lowest BCUT2D eigenvalue weighted by Gasteiger charge is -2.27. The lowest BCUT2D eigenvalue weighted by molar-refractivity contribution is -0.136. The number of carbonyl (C=O) groups excluding carboxylic acids is 1. The van der Waals surface area contributed by atoms with E-state index in [4.69, 9.17) is 0 Å². The van der Waals surface area contributed by atoms with Crippen LogP contribution in [0.2, 0.25) is 0 Å². The van der Waals surface area contributed by atoms with Crippen molar-refractivity contribution >= 4 is 5.91 Å². The maximum absolute atomic E-state index is 12.6. The summed E-state index contributed by atoms with van der Waals surface area (Å²) in [5.41, 5.74) is 1.39. The second-order valence-corrected chi connectivity index (χ2v) is 6.06. The third-order valence-corrected chi connectivity index (χ3v) is 4.97. The fourth-order valence-electron chi connectivity index (χ4n) is 3.80. The highest BCUT2D eigenvalue weighted by atomic mass is 16.2. The number of rotatable bonds is 2. The molecule has 3 rings (SSSR count). The van der Waals surface area contributed by atoms with Crippen molar-refractivity contribution in [1.82, 2.24) is 4.90 Å². The Hall–Kier alpha value is -1.31. The van der Waals surface area contributed by atoms with Crippen molar-refractivity contribution in [3.8, 4) is 0 Å². The molecule has 0 radical (unpaired) electrons. The van der Waals surface area contributed by atoms with Crippen LogP contribution in [0.15, 0.2) is 30.3 Å². The number of likely N-dealkylation sites (tertiary alicyclic amines) is 1. The van der Waals surface area contributed by atoms with Gasteiger partial charge in [0.1, 0.15) is 0 Å². The Labute approximate surface area is 115 Å². The van der Waals surface area contributed by atoms with Crippen molar-refractivity contribution in [2.24, 2.45) is 5.92 Å². The van der Waals surface area contributed by atoms with Gasteiger partial charge in [0.15, 0.2) is 0 Å². The SMILES string of the molecule is C[C@H]1[C@@H](c2ccccc2)CCN1C(=O)C1CCCC1. The smallest absolute Gasteiger partial charge is 0.225 e. The molecule has 102 valence electrons. The topological polar surface area (TPSA) is 20.3 Å². The van der Waals surface area contributed by atoms with Crippen LogP contribution in [0.25, 0.3) is 0 Å². The molecular weight excluding hydrogens is 234 g/mol. The minimum absolute atomic E-state index is 0.317. The van der Waals surface area contributed by atoms with E-state index in [1.54, 1.807) is 0 Å². The zero-order chi connectivity index (χ0) is 13.2. The summed E-state index contributed by atoms with van der Waals surface area (Å²) in [7, 11) is 0. The van der Waals surface area contributed by atoms with Crippen molar-refractivity contribution < 1.29 is 4.79 Å². The molecule has 0 bridgehead atoms. The van der Waals surface area contributed by atoms with Crippen LogP contribution >= 0.6 is 0 Å². The molecule has 1 aliphatic heterocycles. The van der Waals surface area contributed by atoms with E-state index in [1.807, 2.05) is 0 Å². The predicted molar refractivity (Wildman–Crippen MR) is 76.9 cm³/mol.